The van der Waals surface area contributed by atoms with E-state index in [0.29, 0.717) is 12.8 Å². The van der Waals surface area contributed by atoms with Crippen LogP contribution in [0, 0.1) is 0 Å². The highest BCUT2D eigenvalue weighted by Gasteiger charge is 2.13. The van der Waals surface area contributed by atoms with Gasteiger partial charge in [0.1, 0.15) is 0 Å². The second kappa shape index (κ2) is 16.2. The minimum absolute atomic E-state index is 0.421. The molecule has 4 nitrogen and oxygen atoms in total. The fraction of sp³-hybridized carbons (Fsp3) is 0.550. The second-order valence-corrected chi connectivity index (χ2v) is 5.82. The summed E-state index contributed by atoms with van der Waals surface area (Å²) in [5.74, 6) is -0.975. The van der Waals surface area contributed by atoms with Crippen molar-refractivity contribution in [1.82, 2.24) is 0 Å². The first-order valence-corrected chi connectivity index (χ1v) is 8.83. The molecular weight excluding hydrogens is 304 g/mol. The molecule has 136 valence electrons. The monoisotopic (exact) mass is 336 g/mol. The Morgan fingerprint density at radius 2 is 1.42 bits per heavy atom. The van der Waals surface area contributed by atoms with E-state index in [4.69, 9.17) is 5.11 Å². The molecule has 0 spiro atoms. The van der Waals surface area contributed by atoms with E-state index in [9.17, 15) is 15.0 Å². The van der Waals surface area contributed by atoms with Crippen LogP contribution in [0.5, 0.6) is 0 Å². The molecule has 0 aliphatic carbocycles. The quantitative estimate of drug-likeness (QED) is 0.253. The summed E-state index contributed by atoms with van der Waals surface area (Å²) in [6.45, 7) is 2.19. The molecule has 0 aromatic heterocycles. The zero-order chi connectivity index (χ0) is 18.0. The van der Waals surface area contributed by atoms with Crippen LogP contribution in [0.2, 0.25) is 0 Å². The minimum Gasteiger partial charge on any atom is -0.478 e. The Kier molecular flexibility index (Phi) is 15.1. The van der Waals surface area contributed by atoms with E-state index >= 15 is 0 Å². The van der Waals surface area contributed by atoms with Gasteiger partial charge in [0.25, 0.3) is 0 Å². The Labute approximate surface area is 145 Å². The first-order valence-electron chi connectivity index (χ1n) is 8.83. The lowest BCUT2D eigenvalue weighted by Gasteiger charge is -2.16. The molecule has 0 bridgehead atoms. The topological polar surface area (TPSA) is 77.8 Å². The van der Waals surface area contributed by atoms with Crippen molar-refractivity contribution in [3.05, 3.63) is 48.6 Å². The number of hydrogen-bond acceptors (Lipinski definition) is 3. The third-order valence-electron chi connectivity index (χ3n) is 3.61. The SMILES string of the molecule is CCCCCCCCC(O)C(O)C\C=C/C=C/C=C\C=C\C(=O)O. The van der Waals surface area contributed by atoms with Crippen LogP contribution in [0.3, 0.4) is 0 Å². The van der Waals surface area contributed by atoms with Gasteiger partial charge in [0.05, 0.1) is 12.2 Å². The lowest BCUT2D eigenvalue weighted by molar-refractivity contribution is -0.131. The summed E-state index contributed by atoms with van der Waals surface area (Å²) in [4.78, 5) is 10.2. The van der Waals surface area contributed by atoms with Gasteiger partial charge in [-0.1, -0.05) is 88.0 Å². The average molecular weight is 336 g/mol. The average Bonchev–Trinajstić information content (AvgIpc) is 2.55. The smallest absolute Gasteiger partial charge is 0.328 e. The van der Waals surface area contributed by atoms with Crippen LogP contribution in [-0.2, 0) is 4.79 Å². The standard InChI is InChI=1S/C20H32O4/c1-2-3-4-5-9-12-15-18(21)19(22)16-13-10-7-6-8-11-14-17-20(23)24/h6-8,10-11,13-14,17-19,21-22H,2-5,9,12,15-16H2,1H3,(H,23,24)/b7-6+,11-8-,13-10-,17-14+. The number of carbonyl (C=O) groups is 1. The number of carboxylic acids is 1. The summed E-state index contributed by atoms with van der Waals surface area (Å²) in [6, 6.07) is 0. The first kappa shape index (κ1) is 22.4. The van der Waals surface area contributed by atoms with Crippen LogP contribution < -0.4 is 0 Å². The van der Waals surface area contributed by atoms with Gasteiger partial charge in [0, 0.05) is 6.08 Å². The Morgan fingerprint density at radius 3 is 2.08 bits per heavy atom. The van der Waals surface area contributed by atoms with Gasteiger partial charge in [-0.15, -0.1) is 0 Å². The normalized spacial score (nSPS) is 15.1. The Bertz CT molecular complexity index is 421. The van der Waals surface area contributed by atoms with E-state index < -0.39 is 18.2 Å². The van der Waals surface area contributed by atoms with Crippen molar-refractivity contribution in [2.45, 2.75) is 70.5 Å². The van der Waals surface area contributed by atoms with Gasteiger partial charge in [-0.2, -0.15) is 0 Å². The summed E-state index contributed by atoms with van der Waals surface area (Å²) in [7, 11) is 0. The molecule has 0 saturated carbocycles. The molecule has 0 fully saturated rings. The van der Waals surface area contributed by atoms with Crippen LogP contribution in [0.25, 0.3) is 0 Å². The molecule has 0 radical (unpaired) electrons. The van der Waals surface area contributed by atoms with E-state index in [1.165, 1.54) is 31.8 Å². The van der Waals surface area contributed by atoms with Crippen molar-refractivity contribution < 1.29 is 20.1 Å². The number of carboxylic acid groups (broad SMARTS) is 1. The van der Waals surface area contributed by atoms with Gasteiger partial charge in [-0.3, -0.25) is 0 Å². The molecule has 0 rings (SSSR count). The maximum absolute atomic E-state index is 10.2. The fourth-order valence-corrected chi connectivity index (χ4v) is 2.17. The van der Waals surface area contributed by atoms with Crippen molar-refractivity contribution in [3.63, 3.8) is 0 Å². The number of aliphatic hydroxyl groups is 2. The minimum atomic E-state index is -0.975. The zero-order valence-electron chi connectivity index (χ0n) is 14.7. The van der Waals surface area contributed by atoms with Crippen LogP contribution in [0.1, 0.15) is 58.3 Å². The third kappa shape index (κ3) is 15.3. The van der Waals surface area contributed by atoms with E-state index in [1.54, 1.807) is 30.4 Å². The van der Waals surface area contributed by atoms with Crippen molar-refractivity contribution in [2.75, 3.05) is 0 Å². The van der Waals surface area contributed by atoms with Crippen molar-refractivity contribution in [2.24, 2.45) is 0 Å². The lowest BCUT2D eigenvalue weighted by Crippen LogP contribution is -2.25. The molecule has 0 aromatic carbocycles. The largest absolute Gasteiger partial charge is 0.478 e. The summed E-state index contributed by atoms with van der Waals surface area (Å²) in [5, 5.41) is 28.2. The number of unbranched alkanes of at least 4 members (excludes halogenated alkanes) is 5. The number of aliphatic carboxylic acids is 1. The van der Waals surface area contributed by atoms with Crippen molar-refractivity contribution in [3.8, 4) is 0 Å². The van der Waals surface area contributed by atoms with Crippen LogP contribution in [-0.4, -0.2) is 33.5 Å². The fourth-order valence-electron chi connectivity index (χ4n) is 2.17. The molecule has 3 N–H and O–H groups in total. The van der Waals surface area contributed by atoms with Gasteiger partial charge in [-0.05, 0) is 12.8 Å². The molecule has 0 heterocycles. The Morgan fingerprint density at radius 1 is 0.833 bits per heavy atom. The number of allylic oxidation sites excluding steroid dienone is 6. The summed E-state index contributed by atoms with van der Waals surface area (Å²) in [6.07, 6.45) is 19.7. The van der Waals surface area contributed by atoms with Crippen molar-refractivity contribution in [1.29, 1.82) is 0 Å². The maximum atomic E-state index is 10.2. The van der Waals surface area contributed by atoms with Gasteiger partial charge < -0.3 is 15.3 Å². The second-order valence-electron chi connectivity index (χ2n) is 5.82. The van der Waals surface area contributed by atoms with Gasteiger partial charge in [0.2, 0.25) is 0 Å². The molecule has 2 unspecified atom stereocenters. The van der Waals surface area contributed by atoms with E-state index in [0.717, 1.165) is 18.9 Å². The predicted molar refractivity (Wildman–Crippen MR) is 98.8 cm³/mol. The number of hydrogen-bond donors (Lipinski definition) is 3. The Hall–Kier alpha value is -1.65. The van der Waals surface area contributed by atoms with Crippen molar-refractivity contribution >= 4 is 5.97 Å². The highest BCUT2D eigenvalue weighted by molar-refractivity contribution is 5.80. The van der Waals surface area contributed by atoms with Crippen LogP contribution in [0.15, 0.2) is 48.6 Å². The number of aliphatic hydroxyl groups excluding tert-OH is 2. The van der Waals surface area contributed by atoms with Gasteiger partial charge in [-0.25, -0.2) is 4.79 Å². The molecule has 0 aliphatic rings. The van der Waals surface area contributed by atoms with E-state index in [2.05, 4.69) is 6.92 Å². The van der Waals surface area contributed by atoms with E-state index in [-0.39, 0.29) is 0 Å². The van der Waals surface area contributed by atoms with Gasteiger partial charge in [0.15, 0.2) is 0 Å². The predicted octanol–water partition coefficient (Wildman–Crippen LogP) is 4.16. The molecule has 2 atom stereocenters. The molecule has 0 amide bonds. The summed E-state index contributed by atoms with van der Waals surface area (Å²) < 4.78 is 0. The first-order chi connectivity index (χ1) is 11.6. The number of rotatable bonds is 14. The maximum Gasteiger partial charge on any atom is 0.328 e. The lowest BCUT2D eigenvalue weighted by atomic mass is 10.0. The molecule has 4 heteroatoms. The molecule has 0 saturated heterocycles. The third-order valence-corrected chi connectivity index (χ3v) is 3.61. The van der Waals surface area contributed by atoms with Crippen LogP contribution >= 0.6 is 0 Å². The highest BCUT2D eigenvalue weighted by Crippen LogP contribution is 2.12. The Balaban J connectivity index is 3.78. The molecule has 24 heavy (non-hydrogen) atoms. The molecule has 0 aromatic rings. The summed E-state index contributed by atoms with van der Waals surface area (Å²) in [5.41, 5.74) is 0. The molecule has 0 aliphatic heterocycles. The van der Waals surface area contributed by atoms with Gasteiger partial charge >= 0.3 is 5.97 Å². The summed E-state index contributed by atoms with van der Waals surface area (Å²) >= 11 is 0. The van der Waals surface area contributed by atoms with E-state index in [1.807, 2.05) is 6.08 Å². The molecular formula is C20H32O4. The van der Waals surface area contributed by atoms with Crippen LogP contribution in [0.4, 0.5) is 0 Å². The highest BCUT2D eigenvalue weighted by atomic mass is 16.4. The zero-order valence-corrected chi connectivity index (χ0v) is 14.7.